The minimum atomic E-state index is -0.353. The molecule has 2 aliphatic rings. The number of carbonyl (C=O) groups is 3. The van der Waals surface area contributed by atoms with E-state index in [0.29, 0.717) is 38.3 Å². The second-order valence-electron chi connectivity index (χ2n) is 8.86. The van der Waals surface area contributed by atoms with E-state index < -0.39 is 0 Å². The van der Waals surface area contributed by atoms with Crippen LogP contribution in [0.3, 0.4) is 0 Å². The minimum absolute atomic E-state index is 0.149. The quantitative estimate of drug-likeness (QED) is 0.293. The molecule has 1 saturated heterocycles. The Morgan fingerprint density at radius 1 is 1.00 bits per heavy atom. The summed E-state index contributed by atoms with van der Waals surface area (Å²) in [7, 11) is 0. The van der Waals surface area contributed by atoms with Crippen molar-refractivity contribution in [2.45, 2.75) is 46.5 Å². The van der Waals surface area contributed by atoms with Gasteiger partial charge in [0, 0.05) is 17.8 Å². The number of aryl methyl sites for hydroxylation is 2. The Morgan fingerprint density at radius 2 is 1.77 bits per heavy atom. The maximum absolute atomic E-state index is 13.6. The Hall–Kier alpha value is -2.97. The second kappa shape index (κ2) is 10.7. The van der Waals surface area contributed by atoms with Crippen molar-refractivity contribution in [3.8, 4) is 0 Å². The first-order chi connectivity index (χ1) is 16.8. The van der Waals surface area contributed by atoms with E-state index in [1.807, 2.05) is 50.2 Å². The molecule has 35 heavy (non-hydrogen) atoms. The molecule has 8 heteroatoms. The summed E-state index contributed by atoms with van der Waals surface area (Å²) in [5.74, 6) is -0.880. The Labute approximate surface area is 215 Å². The summed E-state index contributed by atoms with van der Waals surface area (Å²) in [6, 6.07) is 13.1. The maximum Gasteiger partial charge on any atom is 0.267 e. The third kappa shape index (κ3) is 5.18. The number of fused-ring (bicyclic) bond motifs is 1. The highest BCUT2D eigenvalue weighted by Crippen LogP contribution is 2.44. The Kier molecular flexibility index (Phi) is 7.72. The van der Waals surface area contributed by atoms with Crippen molar-refractivity contribution in [2.75, 3.05) is 23.3 Å². The number of nitrogens with one attached hydrogen (secondary N) is 1. The summed E-state index contributed by atoms with van der Waals surface area (Å²) in [6.45, 7) is 6.47. The lowest BCUT2D eigenvalue weighted by molar-refractivity contribution is -0.122. The zero-order chi connectivity index (χ0) is 25.1. The van der Waals surface area contributed by atoms with Crippen LogP contribution in [0.5, 0.6) is 0 Å². The fourth-order valence-electron chi connectivity index (χ4n) is 4.38. The molecule has 0 aliphatic carbocycles. The van der Waals surface area contributed by atoms with Crippen LogP contribution >= 0.6 is 24.0 Å². The van der Waals surface area contributed by atoms with Crippen LogP contribution in [0.2, 0.25) is 0 Å². The zero-order valence-corrected chi connectivity index (χ0v) is 21.9. The highest BCUT2D eigenvalue weighted by atomic mass is 32.2. The number of thiocarbonyl (C=S) groups is 1. The average molecular weight is 508 g/mol. The highest BCUT2D eigenvalue weighted by Gasteiger charge is 2.42. The van der Waals surface area contributed by atoms with Gasteiger partial charge in [-0.2, -0.15) is 0 Å². The third-order valence-corrected chi connectivity index (χ3v) is 7.64. The smallest absolute Gasteiger partial charge is 0.267 e. The summed E-state index contributed by atoms with van der Waals surface area (Å²) in [5.41, 5.74) is 4.38. The van der Waals surface area contributed by atoms with Gasteiger partial charge >= 0.3 is 0 Å². The molecule has 1 fully saturated rings. The van der Waals surface area contributed by atoms with Crippen LogP contribution in [0.25, 0.3) is 5.57 Å². The van der Waals surface area contributed by atoms with Crippen molar-refractivity contribution < 1.29 is 14.4 Å². The number of hydrogen-bond donors (Lipinski definition) is 1. The number of hydrogen-bond acceptors (Lipinski definition) is 5. The molecule has 0 saturated carbocycles. The summed E-state index contributed by atoms with van der Waals surface area (Å²) in [5, 5.41) is 2.91. The van der Waals surface area contributed by atoms with Crippen molar-refractivity contribution in [2.24, 2.45) is 0 Å². The molecule has 2 aliphatic heterocycles. The van der Waals surface area contributed by atoms with E-state index in [1.54, 1.807) is 11.0 Å². The number of amides is 3. The Bertz CT molecular complexity index is 1240. The van der Waals surface area contributed by atoms with Crippen LogP contribution in [0.15, 0.2) is 47.4 Å². The van der Waals surface area contributed by atoms with Gasteiger partial charge in [0.1, 0.15) is 10.9 Å². The van der Waals surface area contributed by atoms with Crippen LogP contribution in [0, 0.1) is 13.8 Å². The molecule has 0 unspecified atom stereocenters. The molecule has 6 nitrogen and oxygen atoms in total. The van der Waals surface area contributed by atoms with Gasteiger partial charge < -0.3 is 5.32 Å². The van der Waals surface area contributed by atoms with Crippen molar-refractivity contribution in [1.29, 1.82) is 0 Å². The van der Waals surface area contributed by atoms with Crippen LogP contribution in [-0.4, -0.2) is 40.0 Å². The minimum Gasteiger partial charge on any atom is -0.324 e. The van der Waals surface area contributed by atoms with Crippen molar-refractivity contribution >= 4 is 63.0 Å². The molecular formula is C27H29N3O3S2. The number of para-hydroxylation sites is 1. The fourth-order valence-corrected chi connectivity index (χ4v) is 5.76. The largest absolute Gasteiger partial charge is 0.324 e. The van der Waals surface area contributed by atoms with Gasteiger partial charge in [-0.3, -0.25) is 24.2 Å². The summed E-state index contributed by atoms with van der Waals surface area (Å²) < 4.78 is 0.477. The lowest BCUT2D eigenvalue weighted by Crippen LogP contribution is -2.35. The molecular weight excluding hydrogens is 478 g/mol. The van der Waals surface area contributed by atoms with E-state index in [4.69, 9.17) is 12.2 Å². The third-order valence-electron chi connectivity index (χ3n) is 6.19. The van der Waals surface area contributed by atoms with Crippen LogP contribution in [0.1, 0.15) is 49.3 Å². The molecule has 0 atom stereocenters. The molecule has 2 aromatic rings. The van der Waals surface area contributed by atoms with Gasteiger partial charge in [0.2, 0.25) is 5.91 Å². The van der Waals surface area contributed by atoms with E-state index in [2.05, 4.69) is 12.2 Å². The van der Waals surface area contributed by atoms with Crippen LogP contribution in [0.4, 0.5) is 11.4 Å². The van der Waals surface area contributed by atoms with Crippen LogP contribution < -0.4 is 10.2 Å². The Balaban J connectivity index is 1.57. The van der Waals surface area contributed by atoms with Crippen LogP contribution in [-0.2, 0) is 14.4 Å². The Morgan fingerprint density at radius 3 is 2.51 bits per heavy atom. The lowest BCUT2D eigenvalue weighted by Gasteiger charge is -2.17. The number of thioether (sulfide) groups is 1. The number of rotatable bonds is 8. The van der Waals surface area contributed by atoms with Gasteiger partial charge in [0.15, 0.2) is 0 Å². The van der Waals surface area contributed by atoms with E-state index in [1.165, 1.54) is 16.7 Å². The SMILES string of the molecule is CCCCCCN1C(=O)/C(=C2/C(=O)N(CC(=O)Nc3ccc(C)cc3C)c3ccccc32)SC1=S. The van der Waals surface area contributed by atoms with E-state index in [9.17, 15) is 14.4 Å². The number of anilines is 2. The second-order valence-corrected chi connectivity index (χ2v) is 10.5. The molecule has 3 amide bonds. The molecule has 2 heterocycles. The van der Waals surface area contributed by atoms with E-state index in [0.717, 1.165) is 36.8 Å². The average Bonchev–Trinajstić information content (AvgIpc) is 3.25. The van der Waals surface area contributed by atoms with Gasteiger partial charge in [-0.15, -0.1) is 0 Å². The lowest BCUT2D eigenvalue weighted by atomic mass is 10.1. The summed E-state index contributed by atoms with van der Waals surface area (Å²) in [6.07, 6.45) is 4.13. The molecule has 1 N–H and O–H groups in total. The number of carbonyl (C=O) groups excluding carboxylic acids is 3. The number of unbranched alkanes of at least 4 members (excludes halogenated alkanes) is 3. The van der Waals surface area contributed by atoms with Gasteiger partial charge in [0.25, 0.3) is 11.8 Å². The molecule has 0 aromatic heterocycles. The highest BCUT2D eigenvalue weighted by molar-refractivity contribution is 8.26. The predicted molar refractivity (Wildman–Crippen MR) is 146 cm³/mol. The van der Waals surface area contributed by atoms with Gasteiger partial charge in [-0.05, 0) is 38.0 Å². The number of nitrogens with zero attached hydrogens (tertiary/aromatic N) is 2. The molecule has 0 spiro atoms. The maximum atomic E-state index is 13.6. The fraction of sp³-hybridized carbons (Fsp3) is 0.333. The van der Waals surface area contributed by atoms with Crippen molar-refractivity contribution in [3.63, 3.8) is 0 Å². The first-order valence-corrected chi connectivity index (χ1v) is 13.1. The molecule has 0 radical (unpaired) electrons. The summed E-state index contributed by atoms with van der Waals surface area (Å²) >= 11 is 6.66. The van der Waals surface area contributed by atoms with Gasteiger partial charge in [-0.1, -0.05) is 86.1 Å². The molecule has 2 aromatic carbocycles. The first kappa shape index (κ1) is 25.1. The van der Waals surface area contributed by atoms with Crippen molar-refractivity contribution in [3.05, 3.63) is 64.1 Å². The number of benzene rings is 2. The molecule has 4 rings (SSSR count). The first-order valence-electron chi connectivity index (χ1n) is 11.9. The normalized spacial score (nSPS) is 17.4. The van der Waals surface area contributed by atoms with E-state index >= 15 is 0 Å². The summed E-state index contributed by atoms with van der Waals surface area (Å²) in [4.78, 5) is 43.1. The molecule has 0 bridgehead atoms. The van der Waals surface area contributed by atoms with Gasteiger partial charge in [0.05, 0.1) is 16.2 Å². The topological polar surface area (TPSA) is 69.7 Å². The van der Waals surface area contributed by atoms with Crippen molar-refractivity contribution in [1.82, 2.24) is 4.90 Å². The monoisotopic (exact) mass is 507 g/mol. The van der Waals surface area contributed by atoms with Gasteiger partial charge in [-0.25, -0.2) is 0 Å². The molecule has 182 valence electrons. The zero-order valence-electron chi connectivity index (χ0n) is 20.2. The standard InChI is InChI=1S/C27H29N3O3S2/c1-4-5-6-9-14-29-26(33)24(35-27(29)34)23-19-10-7-8-11-21(19)30(25(23)32)16-22(31)28-20-13-12-17(2)15-18(20)3/h7-8,10-13,15H,4-6,9,14,16H2,1-3H3,(H,28,31)/b24-23-. The predicted octanol–water partition coefficient (Wildman–Crippen LogP) is 5.44. The van der Waals surface area contributed by atoms with E-state index in [-0.39, 0.29) is 24.3 Å².